The summed E-state index contributed by atoms with van der Waals surface area (Å²) in [6.45, 7) is 0. The van der Waals surface area contributed by atoms with E-state index in [1.165, 1.54) is 0 Å². The van der Waals surface area contributed by atoms with Crippen LogP contribution in [0.4, 0.5) is 0 Å². The molecule has 9 aromatic rings. The van der Waals surface area contributed by atoms with Crippen molar-refractivity contribution in [1.82, 2.24) is 29.9 Å². The van der Waals surface area contributed by atoms with Crippen molar-refractivity contribution in [2.45, 2.75) is 0 Å². The molecule has 0 saturated heterocycles. The molecular formula is C40H24N6O. The first kappa shape index (κ1) is 26.8. The Morgan fingerprint density at radius 1 is 0.426 bits per heavy atom. The van der Waals surface area contributed by atoms with Gasteiger partial charge in [-0.05, 0) is 35.7 Å². The molecule has 0 bridgehead atoms. The maximum absolute atomic E-state index is 6.09. The molecule has 0 fully saturated rings. The van der Waals surface area contributed by atoms with Gasteiger partial charge in [-0.25, -0.2) is 24.9 Å². The quantitative estimate of drug-likeness (QED) is 0.193. The Bertz CT molecular complexity index is 2520. The highest BCUT2D eigenvalue weighted by Crippen LogP contribution is 2.38. The predicted octanol–water partition coefficient (Wildman–Crippen LogP) is 9.44. The van der Waals surface area contributed by atoms with Crippen LogP contribution in [0.3, 0.4) is 0 Å². The van der Waals surface area contributed by atoms with Gasteiger partial charge in [0, 0.05) is 40.0 Å². The summed E-state index contributed by atoms with van der Waals surface area (Å²) in [5, 5.41) is 3.86. The molecule has 0 aliphatic heterocycles. The van der Waals surface area contributed by atoms with E-state index < -0.39 is 0 Å². The lowest BCUT2D eigenvalue weighted by molar-refractivity contribution is 0.654. The molecule has 0 radical (unpaired) electrons. The molecule has 0 amide bonds. The molecule has 7 nitrogen and oxygen atoms in total. The Morgan fingerprint density at radius 2 is 1.06 bits per heavy atom. The summed E-state index contributed by atoms with van der Waals surface area (Å²) < 4.78 is 6.09. The summed E-state index contributed by atoms with van der Waals surface area (Å²) >= 11 is 0. The average molecular weight is 605 g/mol. The first-order chi connectivity index (χ1) is 23.3. The lowest BCUT2D eigenvalue weighted by Crippen LogP contribution is -2.00. The summed E-state index contributed by atoms with van der Waals surface area (Å²) in [6.07, 6.45) is 3.50. The number of fused-ring (bicyclic) bond motifs is 4. The van der Waals surface area contributed by atoms with Crippen LogP contribution in [0.1, 0.15) is 0 Å². The number of rotatable bonds is 5. The first-order valence-corrected chi connectivity index (χ1v) is 15.3. The van der Waals surface area contributed by atoms with Crippen LogP contribution >= 0.6 is 0 Å². The normalized spacial score (nSPS) is 11.4. The fourth-order valence-corrected chi connectivity index (χ4v) is 6.02. The second kappa shape index (κ2) is 11.1. The van der Waals surface area contributed by atoms with Crippen LogP contribution in [0.2, 0.25) is 0 Å². The molecule has 5 aromatic heterocycles. The highest BCUT2D eigenvalue weighted by Gasteiger charge is 2.19. The number of nitrogens with zero attached hydrogens (tertiary/aromatic N) is 6. The minimum atomic E-state index is 0.576. The van der Waals surface area contributed by atoms with Crippen LogP contribution in [0, 0.1) is 0 Å². The molecule has 0 N–H and O–H groups in total. The van der Waals surface area contributed by atoms with Gasteiger partial charge >= 0.3 is 0 Å². The molecule has 9 rings (SSSR count). The Labute approximate surface area is 269 Å². The van der Waals surface area contributed by atoms with Crippen molar-refractivity contribution in [3.63, 3.8) is 0 Å². The van der Waals surface area contributed by atoms with E-state index in [0.29, 0.717) is 23.2 Å². The Kier molecular flexibility index (Phi) is 6.31. The van der Waals surface area contributed by atoms with Gasteiger partial charge in [0.05, 0.1) is 22.2 Å². The van der Waals surface area contributed by atoms with Gasteiger partial charge in [0.25, 0.3) is 0 Å². The van der Waals surface area contributed by atoms with Crippen LogP contribution < -0.4 is 0 Å². The van der Waals surface area contributed by atoms with E-state index in [1.807, 2.05) is 103 Å². The molecule has 0 aliphatic carbocycles. The fourth-order valence-electron chi connectivity index (χ4n) is 6.02. The Hall–Kier alpha value is -6.60. The highest BCUT2D eigenvalue weighted by atomic mass is 16.3. The Morgan fingerprint density at radius 3 is 1.83 bits per heavy atom. The third-order valence-electron chi connectivity index (χ3n) is 8.24. The van der Waals surface area contributed by atoms with Crippen molar-refractivity contribution < 1.29 is 4.42 Å². The van der Waals surface area contributed by atoms with Gasteiger partial charge in [0.15, 0.2) is 17.5 Å². The fraction of sp³-hybridized carbons (Fsp3) is 0. The van der Waals surface area contributed by atoms with Gasteiger partial charge in [0.2, 0.25) is 5.71 Å². The zero-order valence-electron chi connectivity index (χ0n) is 24.9. The van der Waals surface area contributed by atoms with E-state index in [2.05, 4.69) is 35.3 Å². The van der Waals surface area contributed by atoms with Gasteiger partial charge in [-0.2, -0.15) is 0 Å². The molecule has 5 heterocycles. The smallest absolute Gasteiger partial charge is 0.227 e. The number of hydrogen-bond acceptors (Lipinski definition) is 7. The maximum atomic E-state index is 6.09. The van der Waals surface area contributed by atoms with E-state index in [9.17, 15) is 0 Å². The van der Waals surface area contributed by atoms with Gasteiger partial charge in [-0.15, -0.1) is 0 Å². The van der Waals surface area contributed by atoms with Crippen molar-refractivity contribution in [2.24, 2.45) is 0 Å². The molecular weight excluding hydrogens is 580 g/mol. The minimum Gasteiger partial charge on any atom is -0.438 e. The van der Waals surface area contributed by atoms with E-state index in [-0.39, 0.29) is 0 Å². The number of furan rings is 1. The highest BCUT2D eigenvalue weighted by molar-refractivity contribution is 6.12. The van der Waals surface area contributed by atoms with Crippen LogP contribution in [0.15, 0.2) is 150 Å². The number of benzene rings is 4. The number of hydrogen-bond donors (Lipinski definition) is 0. The van der Waals surface area contributed by atoms with Crippen molar-refractivity contribution >= 4 is 32.8 Å². The topological polar surface area (TPSA) is 90.5 Å². The van der Waals surface area contributed by atoms with E-state index in [0.717, 1.165) is 66.5 Å². The average Bonchev–Trinajstić information content (AvgIpc) is 3.54. The van der Waals surface area contributed by atoms with Crippen molar-refractivity contribution in [2.75, 3.05) is 0 Å². The third-order valence-corrected chi connectivity index (χ3v) is 8.24. The Balaban J connectivity index is 1.22. The summed E-state index contributed by atoms with van der Waals surface area (Å²) in [7, 11) is 0. The summed E-state index contributed by atoms with van der Waals surface area (Å²) in [6, 6.07) is 44.3. The van der Waals surface area contributed by atoms with E-state index in [1.54, 1.807) is 12.4 Å². The lowest BCUT2D eigenvalue weighted by Gasteiger charge is -2.12. The minimum absolute atomic E-state index is 0.576. The van der Waals surface area contributed by atoms with E-state index >= 15 is 0 Å². The molecule has 7 heteroatoms. The number of pyridine rings is 3. The SMILES string of the molecule is c1ccc(-c2nc(-c3ccccc3)nc(-c3cccc(-c4cc5ccccc5c(-c5nccc6oc7ncccc7c56)n4)c3)n2)cc1. The van der Waals surface area contributed by atoms with Gasteiger partial charge in [-0.3, -0.25) is 4.98 Å². The molecule has 0 aliphatic rings. The maximum Gasteiger partial charge on any atom is 0.227 e. The standard InChI is InChI=1S/C40H24N6O/c1-3-11-25(12-4-1)37-44-38(26-13-5-2-6-14-26)46-39(45-37)29-17-9-16-28(23-29)32-24-27-15-7-8-18-30(27)35(43-32)36-34-31-19-10-21-42-40(31)47-33(34)20-22-41-36/h1-24H. The largest absolute Gasteiger partial charge is 0.438 e. The predicted molar refractivity (Wildman–Crippen MR) is 185 cm³/mol. The molecule has 47 heavy (non-hydrogen) atoms. The van der Waals surface area contributed by atoms with Crippen molar-refractivity contribution in [3.8, 4) is 56.8 Å². The van der Waals surface area contributed by atoms with Crippen LogP contribution in [0.5, 0.6) is 0 Å². The summed E-state index contributed by atoms with van der Waals surface area (Å²) in [5.74, 6) is 1.82. The second-order valence-corrected chi connectivity index (χ2v) is 11.2. The molecule has 220 valence electrons. The molecule has 0 unspecified atom stereocenters. The zero-order chi connectivity index (χ0) is 31.2. The van der Waals surface area contributed by atoms with Crippen molar-refractivity contribution in [1.29, 1.82) is 0 Å². The molecule has 0 saturated carbocycles. The second-order valence-electron chi connectivity index (χ2n) is 11.2. The summed E-state index contributed by atoms with van der Waals surface area (Å²) in [5.41, 5.74) is 7.28. The lowest BCUT2D eigenvalue weighted by atomic mass is 10.0. The summed E-state index contributed by atoms with van der Waals surface area (Å²) in [4.78, 5) is 29.3. The molecule has 0 spiro atoms. The zero-order valence-corrected chi connectivity index (χ0v) is 24.9. The monoisotopic (exact) mass is 604 g/mol. The first-order valence-electron chi connectivity index (χ1n) is 15.3. The van der Waals surface area contributed by atoms with Gasteiger partial charge < -0.3 is 4.42 Å². The van der Waals surface area contributed by atoms with Gasteiger partial charge in [-0.1, -0.05) is 103 Å². The van der Waals surface area contributed by atoms with Crippen LogP contribution in [0.25, 0.3) is 89.7 Å². The molecule has 4 aromatic carbocycles. The van der Waals surface area contributed by atoms with Crippen molar-refractivity contribution in [3.05, 3.63) is 146 Å². The van der Waals surface area contributed by atoms with Crippen LogP contribution in [-0.4, -0.2) is 29.9 Å². The van der Waals surface area contributed by atoms with Crippen LogP contribution in [-0.2, 0) is 0 Å². The number of aromatic nitrogens is 6. The van der Waals surface area contributed by atoms with E-state index in [4.69, 9.17) is 29.3 Å². The third kappa shape index (κ3) is 4.78. The molecule has 0 atom stereocenters. The van der Waals surface area contributed by atoms with Gasteiger partial charge in [0.1, 0.15) is 11.3 Å².